The molecular formula is C17H21N3O3. The average Bonchev–Trinajstić information content (AvgIpc) is 3.35. The van der Waals surface area contributed by atoms with Crippen LogP contribution in [0.1, 0.15) is 37.3 Å². The van der Waals surface area contributed by atoms with Crippen LogP contribution in [0.25, 0.3) is 0 Å². The van der Waals surface area contributed by atoms with Crippen molar-refractivity contribution in [2.75, 3.05) is 13.2 Å². The number of aromatic hydroxyl groups is 1. The van der Waals surface area contributed by atoms with Crippen molar-refractivity contribution in [1.82, 2.24) is 9.80 Å². The maximum atomic E-state index is 13.1. The summed E-state index contributed by atoms with van der Waals surface area (Å²) in [5.41, 5.74) is 0.601. The van der Waals surface area contributed by atoms with Crippen molar-refractivity contribution in [3.8, 4) is 5.75 Å². The van der Waals surface area contributed by atoms with E-state index in [9.17, 15) is 9.90 Å². The molecule has 2 saturated heterocycles. The van der Waals surface area contributed by atoms with Crippen LogP contribution in [0.15, 0.2) is 24.3 Å². The lowest BCUT2D eigenvalue weighted by atomic mass is 10.0. The maximum Gasteiger partial charge on any atom is 0.257 e. The van der Waals surface area contributed by atoms with E-state index in [0.717, 1.165) is 25.7 Å². The van der Waals surface area contributed by atoms with Gasteiger partial charge in [0.05, 0.1) is 0 Å². The minimum Gasteiger partial charge on any atom is -0.508 e. The number of carbonyl (C=O) groups excluding carboxylic acids is 1. The Balaban J connectivity index is 1.71. The molecule has 4 rings (SSSR count). The second kappa shape index (κ2) is 5.53. The van der Waals surface area contributed by atoms with E-state index in [1.807, 2.05) is 11.0 Å². The molecule has 1 aromatic carbocycles. The second-order valence-corrected chi connectivity index (χ2v) is 6.48. The Labute approximate surface area is 135 Å². The van der Waals surface area contributed by atoms with Crippen LogP contribution in [0.5, 0.6) is 5.75 Å². The number of amides is 1. The number of rotatable bonds is 3. The van der Waals surface area contributed by atoms with E-state index in [0.29, 0.717) is 18.8 Å². The first kappa shape index (κ1) is 14.5. The van der Waals surface area contributed by atoms with Crippen molar-refractivity contribution in [1.29, 1.82) is 5.41 Å². The van der Waals surface area contributed by atoms with Gasteiger partial charge in [-0.05, 0) is 31.7 Å². The summed E-state index contributed by atoms with van der Waals surface area (Å²) in [6.07, 6.45) is 3.53. The number of hydrogen-bond acceptors (Lipinski definition) is 4. The Kier molecular flexibility index (Phi) is 3.49. The number of hydrogen-bond donors (Lipinski definition) is 2. The number of carbonyl (C=O) groups is 1. The highest BCUT2D eigenvalue weighted by Gasteiger charge is 2.51. The van der Waals surface area contributed by atoms with Gasteiger partial charge in [0.1, 0.15) is 11.8 Å². The maximum absolute atomic E-state index is 13.1. The topological polar surface area (TPSA) is 76.9 Å². The standard InChI is InChI=1S/C17H21N3O3/c18-17-19(11-5-6-11)15(13-3-1-2-4-14(13)21)16(22)20(17)12-7-9-23-10-8-12/h1-4,11-12,15,18,21H,5-10H2. The molecule has 0 bridgehead atoms. The molecule has 6 nitrogen and oxygen atoms in total. The van der Waals surface area contributed by atoms with Crippen LogP contribution >= 0.6 is 0 Å². The Morgan fingerprint density at radius 2 is 1.78 bits per heavy atom. The van der Waals surface area contributed by atoms with Gasteiger partial charge in [-0.25, -0.2) is 0 Å². The van der Waals surface area contributed by atoms with E-state index < -0.39 is 6.04 Å². The lowest BCUT2D eigenvalue weighted by Crippen LogP contribution is -2.44. The highest BCUT2D eigenvalue weighted by molar-refractivity contribution is 6.06. The zero-order valence-electron chi connectivity index (χ0n) is 12.9. The van der Waals surface area contributed by atoms with Crippen LogP contribution < -0.4 is 0 Å². The van der Waals surface area contributed by atoms with Gasteiger partial charge in [-0.1, -0.05) is 18.2 Å². The first-order chi connectivity index (χ1) is 11.2. The van der Waals surface area contributed by atoms with Crippen molar-refractivity contribution in [2.24, 2.45) is 0 Å². The molecule has 0 spiro atoms. The largest absolute Gasteiger partial charge is 0.508 e. The first-order valence-corrected chi connectivity index (χ1v) is 8.24. The van der Waals surface area contributed by atoms with Crippen LogP contribution in [0.2, 0.25) is 0 Å². The molecule has 1 amide bonds. The molecule has 2 aliphatic heterocycles. The summed E-state index contributed by atoms with van der Waals surface area (Å²) in [7, 11) is 0. The average molecular weight is 315 g/mol. The SMILES string of the molecule is N=C1N(C2CCOCC2)C(=O)C(c2ccccc2O)N1C1CC1. The summed E-state index contributed by atoms with van der Waals surface area (Å²) in [6, 6.07) is 6.67. The Morgan fingerprint density at radius 3 is 2.43 bits per heavy atom. The van der Waals surface area contributed by atoms with Crippen molar-refractivity contribution < 1.29 is 14.6 Å². The smallest absolute Gasteiger partial charge is 0.257 e. The molecule has 1 aromatic rings. The molecule has 0 aromatic heterocycles. The van der Waals surface area contributed by atoms with Gasteiger partial charge in [0.15, 0.2) is 0 Å². The molecule has 1 saturated carbocycles. The van der Waals surface area contributed by atoms with Gasteiger partial charge in [-0.2, -0.15) is 0 Å². The van der Waals surface area contributed by atoms with Crippen molar-refractivity contribution >= 4 is 11.9 Å². The number of phenols is 1. The highest BCUT2D eigenvalue weighted by Crippen LogP contribution is 2.43. The minimum absolute atomic E-state index is 0.0286. The van der Waals surface area contributed by atoms with E-state index >= 15 is 0 Å². The third-order valence-corrected chi connectivity index (χ3v) is 4.95. The summed E-state index contributed by atoms with van der Waals surface area (Å²) >= 11 is 0. The monoisotopic (exact) mass is 315 g/mol. The predicted octanol–water partition coefficient (Wildman–Crippen LogP) is 1.85. The van der Waals surface area contributed by atoms with Crippen molar-refractivity contribution in [3.63, 3.8) is 0 Å². The molecule has 23 heavy (non-hydrogen) atoms. The Morgan fingerprint density at radius 1 is 1.09 bits per heavy atom. The van der Waals surface area contributed by atoms with Gasteiger partial charge < -0.3 is 14.7 Å². The second-order valence-electron chi connectivity index (χ2n) is 6.48. The number of phenolic OH excluding ortho intramolecular Hbond substituents is 1. The molecule has 0 radical (unpaired) electrons. The van der Waals surface area contributed by atoms with E-state index in [-0.39, 0.29) is 29.7 Å². The van der Waals surface area contributed by atoms with Crippen molar-refractivity contribution in [2.45, 2.75) is 43.8 Å². The number of ether oxygens (including phenoxy) is 1. The van der Waals surface area contributed by atoms with E-state index in [1.165, 1.54) is 0 Å². The van der Waals surface area contributed by atoms with Gasteiger partial charge in [0.25, 0.3) is 5.91 Å². The van der Waals surface area contributed by atoms with Crippen LogP contribution in [0, 0.1) is 5.41 Å². The van der Waals surface area contributed by atoms with Gasteiger partial charge in [0, 0.05) is 30.9 Å². The number of para-hydroxylation sites is 1. The number of guanidine groups is 1. The van der Waals surface area contributed by atoms with Crippen LogP contribution in [0.4, 0.5) is 0 Å². The number of benzene rings is 1. The molecule has 1 unspecified atom stereocenters. The molecule has 2 N–H and O–H groups in total. The van der Waals surface area contributed by atoms with Gasteiger partial charge in [0.2, 0.25) is 5.96 Å². The molecule has 6 heteroatoms. The van der Waals surface area contributed by atoms with Gasteiger partial charge in [-0.15, -0.1) is 0 Å². The lowest BCUT2D eigenvalue weighted by Gasteiger charge is -2.31. The summed E-state index contributed by atoms with van der Waals surface area (Å²) in [6.45, 7) is 1.26. The van der Waals surface area contributed by atoms with E-state index in [4.69, 9.17) is 10.1 Å². The fourth-order valence-corrected chi connectivity index (χ4v) is 3.64. The zero-order chi connectivity index (χ0) is 16.0. The summed E-state index contributed by atoms with van der Waals surface area (Å²) in [5, 5.41) is 18.8. The first-order valence-electron chi connectivity index (χ1n) is 8.24. The predicted molar refractivity (Wildman–Crippen MR) is 84.1 cm³/mol. The minimum atomic E-state index is -0.570. The lowest BCUT2D eigenvalue weighted by molar-refractivity contribution is -0.131. The van der Waals surface area contributed by atoms with Crippen LogP contribution in [-0.2, 0) is 9.53 Å². The highest BCUT2D eigenvalue weighted by atomic mass is 16.5. The quantitative estimate of drug-likeness (QED) is 0.892. The number of nitrogens with zero attached hydrogens (tertiary/aromatic N) is 2. The summed E-state index contributed by atoms with van der Waals surface area (Å²) < 4.78 is 5.38. The normalized spacial score (nSPS) is 26.2. The summed E-state index contributed by atoms with van der Waals surface area (Å²) in [4.78, 5) is 16.6. The molecular weight excluding hydrogens is 294 g/mol. The Bertz CT molecular complexity index is 638. The van der Waals surface area contributed by atoms with Gasteiger partial charge in [-0.3, -0.25) is 15.1 Å². The van der Waals surface area contributed by atoms with Gasteiger partial charge >= 0.3 is 0 Å². The third-order valence-electron chi connectivity index (χ3n) is 4.95. The molecule has 2 heterocycles. The zero-order valence-corrected chi connectivity index (χ0v) is 12.9. The Hall–Kier alpha value is -2.08. The number of nitrogens with one attached hydrogen (secondary N) is 1. The third kappa shape index (κ3) is 2.37. The molecule has 1 atom stereocenters. The van der Waals surface area contributed by atoms with E-state index in [1.54, 1.807) is 23.1 Å². The molecule has 3 fully saturated rings. The molecule has 1 aliphatic carbocycles. The fourth-order valence-electron chi connectivity index (χ4n) is 3.64. The van der Waals surface area contributed by atoms with Crippen molar-refractivity contribution in [3.05, 3.63) is 29.8 Å². The molecule has 3 aliphatic rings. The molecule has 122 valence electrons. The van der Waals surface area contributed by atoms with E-state index in [2.05, 4.69) is 0 Å². The van der Waals surface area contributed by atoms with Crippen LogP contribution in [0.3, 0.4) is 0 Å². The summed E-state index contributed by atoms with van der Waals surface area (Å²) in [5.74, 6) is 0.325. The van der Waals surface area contributed by atoms with Crippen LogP contribution in [-0.4, -0.2) is 52.1 Å². The fraction of sp³-hybridized carbons (Fsp3) is 0.529.